The zero-order valence-electron chi connectivity index (χ0n) is 28.0. The summed E-state index contributed by atoms with van der Waals surface area (Å²) in [5, 5.41) is 2.44. The number of pyridine rings is 1. The van der Waals surface area contributed by atoms with E-state index < -0.39 is 5.41 Å². The van der Waals surface area contributed by atoms with Crippen LogP contribution in [0.15, 0.2) is 182 Å². The molecule has 0 saturated carbocycles. The molecule has 4 heterocycles. The van der Waals surface area contributed by atoms with Crippen LogP contribution in [0.1, 0.15) is 22.3 Å². The molecule has 0 fully saturated rings. The van der Waals surface area contributed by atoms with Crippen molar-refractivity contribution in [2.75, 3.05) is 0 Å². The maximum atomic E-state index is 6.79. The van der Waals surface area contributed by atoms with Crippen LogP contribution in [0.3, 0.4) is 0 Å². The summed E-state index contributed by atoms with van der Waals surface area (Å²) in [6.45, 7) is 0. The van der Waals surface area contributed by atoms with Gasteiger partial charge in [0.15, 0.2) is 0 Å². The molecular formula is C48H30N2O2. The maximum Gasteiger partial charge on any atom is 0.132 e. The largest absolute Gasteiger partial charge is 0.457 e. The number of ether oxygens (including phenoxy) is 2. The summed E-state index contributed by atoms with van der Waals surface area (Å²) < 4.78 is 15.9. The number of nitrogens with zero attached hydrogens (tertiary/aromatic N) is 2. The Kier molecular flexibility index (Phi) is 6.13. The van der Waals surface area contributed by atoms with Crippen molar-refractivity contribution in [2.24, 2.45) is 0 Å². The van der Waals surface area contributed by atoms with Gasteiger partial charge in [-0.1, -0.05) is 109 Å². The average Bonchev–Trinajstić information content (AvgIpc) is 3.56. The van der Waals surface area contributed by atoms with Gasteiger partial charge >= 0.3 is 0 Å². The highest BCUT2D eigenvalue weighted by Crippen LogP contribution is 2.62. The maximum absolute atomic E-state index is 6.79. The van der Waals surface area contributed by atoms with Crippen molar-refractivity contribution < 1.29 is 9.47 Å². The van der Waals surface area contributed by atoms with Crippen LogP contribution in [0.2, 0.25) is 0 Å². The first-order valence-corrected chi connectivity index (χ1v) is 17.6. The molecule has 4 nitrogen and oxygen atoms in total. The predicted octanol–water partition coefficient (Wildman–Crippen LogP) is 12.1. The van der Waals surface area contributed by atoms with E-state index in [2.05, 4.69) is 155 Å². The Bertz CT molecular complexity index is 2850. The lowest BCUT2D eigenvalue weighted by molar-refractivity contribution is 0.399. The number of rotatable bonds is 3. The normalized spacial score (nSPS) is 15.3. The summed E-state index contributed by atoms with van der Waals surface area (Å²) in [6, 6.07) is 62.1. The molecule has 1 spiro atoms. The number of aromatic nitrogens is 2. The summed E-state index contributed by atoms with van der Waals surface area (Å²) in [7, 11) is 0. The van der Waals surface area contributed by atoms with E-state index in [4.69, 9.17) is 9.47 Å². The fourth-order valence-corrected chi connectivity index (χ4v) is 8.64. The van der Waals surface area contributed by atoms with Crippen molar-refractivity contribution in [3.05, 3.63) is 204 Å². The molecule has 0 aliphatic carbocycles. The first-order valence-electron chi connectivity index (χ1n) is 17.6. The predicted molar refractivity (Wildman–Crippen MR) is 208 cm³/mol. The molecule has 0 amide bonds. The second-order valence-corrected chi connectivity index (χ2v) is 13.5. The molecular weight excluding hydrogens is 637 g/mol. The average molecular weight is 667 g/mol. The van der Waals surface area contributed by atoms with Gasteiger partial charge in [0.2, 0.25) is 0 Å². The first-order chi connectivity index (χ1) is 25.8. The number of hydrogen-bond donors (Lipinski definition) is 0. The molecule has 0 saturated heterocycles. The van der Waals surface area contributed by atoms with Crippen molar-refractivity contribution in [3.63, 3.8) is 0 Å². The van der Waals surface area contributed by atoms with Crippen molar-refractivity contribution in [2.45, 2.75) is 5.41 Å². The van der Waals surface area contributed by atoms with Gasteiger partial charge in [0.25, 0.3) is 0 Å². The molecule has 2 aromatic heterocycles. The minimum absolute atomic E-state index is 0.709. The molecule has 9 aromatic rings. The molecule has 1 atom stereocenters. The van der Waals surface area contributed by atoms with Crippen molar-refractivity contribution >= 4 is 21.8 Å². The SMILES string of the molecule is c1ccc(-n2c3ccccc3c3c(-c4ccc5c(c4)C4(c6ccccc6Oc6cc(-c7ccccn7)ccc64)c4ccccc4O5)cccc32)cc1. The second-order valence-electron chi connectivity index (χ2n) is 13.5. The van der Waals surface area contributed by atoms with E-state index in [-0.39, 0.29) is 0 Å². The van der Waals surface area contributed by atoms with Crippen LogP contribution in [0.5, 0.6) is 23.0 Å². The minimum atomic E-state index is -0.709. The highest BCUT2D eigenvalue weighted by molar-refractivity contribution is 6.15. The van der Waals surface area contributed by atoms with Gasteiger partial charge in [-0.3, -0.25) is 4.98 Å². The molecule has 0 bridgehead atoms. The minimum Gasteiger partial charge on any atom is -0.457 e. The molecule has 7 aromatic carbocycles. The van der Waals surface area contributed by atoms with Crippen LogP contribution in [0.4, 0.5) is 0 Å². The van der Waals surface area contributed by atoms with Crippen LogP contribution < -0.4 is 9.47 Å². The smallest absolute Gasteiger partial charge is 0.132 e. The fourth-order valence-electron chi connectivity index (χ4n) is 8.64. The van der Waals surface area contributed by atoms with Crippen molar-refractivity contribution in [3.8, 4) is 51.1 Å². The monoisotopic (exact) mass is 666 g/mol. The van der Waals surface area contributed by atoms with Gasteiger partial charge in [-0.25, -0.2) is 0 Å². The van der Waals surface area contributed by atoms with Gasteiger partial charge in [0, 0.05) is 50.5 Å². The Hall–Kier alpha value is -6.91. The third-order valence-electron chi connectivity index (χ3n) is 10.8. The van der Waals surface area contributed by atoms with E-state index >= 15 is 0 Å². The lowest BCUT2D eigenvalue weighted by Crippen LogP contribution is -2.36. The molecule has 52 heavy (non-hydrogen) atoms. The third kappa shape index (κ3) is 4.00. The van der Waals surface area contributed by atoms with Gasteiger partial charge in [-0.05, 0) is 77.9 Å². The summed E-state index contributed by atoms with van der Waals surface area (Å²) >= 11 is 0. The molecule has 11 rings (SSSR count). The van der Waals surface area contributed by atoms with E-state index in [1.165, 1.54) is 27.4 Å². The Morgan fingerprint density at radius 2 is 1.10 bits per heavy atom. The number of hydrogen-bond acceptors (Lipinski definition) is 3. The molecule has 1 unspecified atom stereocenters. The first kappa shape index (κ1) is 28.9. The summed E-state index contributed by atoms with van der Waals surface area (Å²) in [5.41, 5.74) is 11.3. The zero-order valence-corrected chi connectivity index (χ0v) is 28.0. The van der Waals surface area contributed by atoms with E-state index in [0.29, 0.717) is 0 Å². The van der Waals surface area contributed by atoms with Gasteiger partial charge in [-0.2, -0.15) is 0 Å². The van der Waals surface area contributed by atoms with E-state index in [1.54, 1.807) is 0 Å². The van der Waals surface area contributed by atoms with Crippen LogP contribution in [0.25, 0.3) is 49.9 Å². The van der Waals surface area contributed by atoms with Gasteiger partial charge in [0.1, 0.15) is 23.0 Å². The third-order valence-corrected chi connectivity index (χ3v) is 10.8. The molecule has 0 N–H and O–H groups in total. The summed E-state index contributed by atoms with van der Waals surface area (Å²) in [5.74, 6) is 3.31. The van der Waals surface area contributed by atoms with Crippen LogP contribution >= 0.6 is 0 Å². The lowest BCUT2D eigenvalue weighted by atomic mass is 9.62. The molecule has 2 aliphatic rings. The number of para-hydroxylation sites is 4. The van der Waals surface area contributed by atoms with E-state index in [0.717, 1.165) is 67.8 Å². The highest BCUT2D eigenvalue weighted by atomic mass is 16.5. The fraction of sp³-hybridized carbons (Fsp3) is 0.0208. The van der Waals surface area contributed by atoms with Gasteiger partial charge in [-0.15, -0.1) is 0 Å². The Balaban J connectivity index is 1.21. The van der Waals surface area contributed by atoms with Crippen LogP contribution in [-0.2, 0) is 5.41 Å². The Morgan fingerprint density at radius 1 is 0.442 bits per heavy atom. The van der Waals surface area contributed by atoms with Crippen molar-refractivity contribution in [1.82, 2.24) is 9.55 Å². The quantitative estimate of drug-likeness (QED) is 0.188. The molecule has 0 radical (unpaired) electrons. The Labute approximate surface area is 300 Å². The standard InChI is InChI=1S/C48H30N2O2/c1-2-13-33(14-3-1)50-41-20-7-4-15-35(41)47-34(16-12-21-42(47)50)31-25-27-45-39(29-31)48(36-17-5-8-22-43(36)51-45)37-18-6-9-23-44(37)52-46-30-32(24-26-38(46)48)40-19-10-11-28-49-40/h1-30H. The summed E-state index contributed by atoms with van der Waals surface area (Å²) in [6.07, 6.45) is 1.83. The van der Waals surface area contributed by atoms with E-state index in [9.17, 15) is 0 Å². The lowest BCUT2D eigenvalue weighted by Gasteiger charge is -2.45. The van der Waals surface area contributed by atoms with Crippen LogP contribution in [-0.4, -0.2) is 9.55 Å². The number of fused-ring (bicyclic) bond motifs is 11. The molecule has 4 heteroatoms. The highest BCUT2D eigenvalue weighted by Gasteiger charge is 2.50. The van der Waals surface area contributed by atoms with Gasteiger partial charge in [0.05, 0.1) is 22.1 Å². The van der Waals surface area contributed by atoms with E-state index in [1.807, 2.05) is 36.5 Å². The summed E-state index contributed by atoms with van der Waals surface area (Å²) in [4.78, 5) is 4.65. The van der Waals surface area contributed by atoms with Crippen molar-refractivity contribution in [1.29, 1.82) is 0 Å². The second kappa shape index (κ2) is 11.0. The van der Waals surface area contributed by atoms with Gasteiger partial charge < -0.3 is 14.0 Å². The molecule has 244 valence electrons. The molecule has 2 aliphatic heterocycles. The Morgan fingerprint density at radius 3 is 1.90 bits per heavy atom. The zero-order chi connectivity index (χ0) is 34.2. The topological polar surface area (TPSA) is 36.3 Å². The van der Waals surface area contributed by atoms with Crippen LogP contribution in [0, 0.1) is 0 Å². The number of benzene rings is 7.